The molecule has 0 N–H and O–H groups in total. The van der Waals surface area contributed by atoms with Gasteiger partial charge in [-0.2, -0.15) is 0 Å². The molecule has 2 aromatic rings. The summed E-state index contributed by atoms with van der Waals surface area (Å²) in [6.45, 7) is 3.87. The Morgan fingerprint density at radius 3 is 1.85 bits per heavy atom. The summed E-state index contributed by atoms with van der Waals surface area (Å²) in [4.78, 5) is 25.7. The molecule has 2 amide bonds. The van der Waals surface area contributed by atoms with Crippen molar-refractivity contribution in [3.8, 4) is 0 Å². The van der Waals surface area contributed by atoms with Crippen molar-refractivity contribution in [3.05, 3.63) is 69.7 Å². The van der Waals surface area contributed by atoms with Gasteiger partial charge >= 0.3 is 12.2 Å². The van der Waals surface area contributed by atoms with Gasteiger partial charge in [-0.3, -0.25) is 0 Å². The van der Waals surface area contributed by atoms with Crippen LogP contribution in [0.5, 0.6) is 0 Å². The molecule has 2 unspecified atom stereocenters. The number of nitrogens with zero attached hydrogens (tertiary/aromatic N) is 2. The summed E-state index contributed by atoms with van der Waals surface area (Å²) in [7, 11) is 0. The number of halogens is 1. The van der Waals surface area contributed by atoms with E-state index in [1.54, 1.807) is 19.9 Å². The Kier molecular flexibility index (Phi) is 4.44. The van der Waals surface area contributed by atoms with E-state index in [9.17, 15) is 9.59 Å². The van der Waals surface area contributed by atoms with Crippen molar-refractivity contribution in [2.24, 2.45) is 0 Å². The van der Waals surface area contributed by atoms with Gasteiger partial charge in [-0.25, -0.2) is 19.6 Å². The second kappa shape index (κ2) is 6.78. The van der Waals surface area contributed by atoms with Crippen LogP contribution >= 0.6 is 11.6 Å². The predicted molar refractivity (Wildman–Crippen MR) is 99.3 cm³/mol. The molecule has 2 heterocycles. The van der Waals surface area contributed by atoms with Crippen LogP contribution in [0.3, 0.4) is 0 Å². The Labute approximate surface area is 162 Å². The molecule has 27 heavy (non-hydrogen) atoms. The van der Waals surface area contributed by atoms with Gasteiger partial charge in [0, 0.05) is 5.02 Å². The smallest absolute Gasteiger partial charge is 0.429 e. The van der Waals surface area contributed by atoms with Gasteiger partial charge in [0.05, 0.1) is 13.2 Å². The van der Waals surface area contributed by atoms with E-state index in [2.05, 4.69) is 0 Å². The summed E-state index contributed by atoms with van der Waals surface area (Å²) >= 11 is 6.24. The molecule has 2 atom stereocenters. The minimum Gasteiger partial charge on any atom is -0.448 e. The van der Waals surface area contributed by atoms with E-state index in [0.29, 0.717) is 5.02 Å². The number of amides is 2. The molecule has 0 aromatic heterocycles. The fourth-order valence-corrected chi connectivity index (χ4v) is 4.10. The van der Waals surface area contributed by atoms with Crippen molar-refractivity contribution < 1.29 is 19.1 Å². The normalized spacial score (nSPS) is 19.4. The fourth-order valence-electron chi connectivity index (χ4n) is 3.92. The van der Waals surface area contributed by atoms with Crippen LogP contribution in [0.2, 0.25) is 5.02 Å². The molecule has 2 aromatic carbocycles. The van der Waals surface area contributed by atoms with E-state index in [-0.39, 0.29) is 13.2 Å². The van der Waals surface area contributed by atoms with Crippen LogP contribution in [0.25, 0.3) is 0 Å². The zero-order valence-electron chi connectivity index (χ0n) is 15.0. The Balaban J connectivity index is 1.96. The molecule has 0 radical (unpaired) electrons. The van der Waals surface area contributed by atoms with Crippen LogP contribution in [0.4, 0.5) is 9.59 Å². The Morgan fingerprint density at radius 2 is 1.33 bits per heavy atom. The number of fused-ring (bicyclic) bond motifs is 1. The van der Waals surface area contributed by atoms with Crippen LogP contribution in [-0.2, 0) is 9.47 Å². The minimum absolute atomic E-state index is 0.202. The maximum absolute atomic E-state index is 12.8. The lowest BCUT2D eigenvalue weighted by Crippen LogP contribution is -2.59. The highest BCUT2D eigenvalue weighted by atomic mass is 35.5. The average Bonchev–Trinajstić information content (AvgIpc) is 2.67. The largest absolute Gasteiger partial charge is 0.448 e. The van der Waals surface area contributed by atoms with Gasteiger partial charge in [-0.05, 0) is 48.2 Å². The van der Waals surface area contributed by atoms with Crippen LogP contribution in [0.1, 0.15) is 48.2 Å². The average molecular weight is 387 g/mol. The molecular formula is C20H19ClN2O4. The molecule has 2 bridgehead atoms. The highest BCUT2D eigenvalue weighted by molar-refractivity contribution is 6.30. The van der Waals surface area contributed by atoms with Gasteiger partial charge < -0.3 is 9.47 Å². The second-order valence-electron chi connectivity index (χ2n) is 6.29. The lowest BCUT2D eigenvalue weighted by molar-refractivity contribution is -0.0710. The summed E-state index contributed by atoms with van der Waals surface area (Å²) < 4.78 is 10.5. The number of rotatable bonds is 2. The molecule has 5 rings (SSSR count). The van der Waals surface area contributed by atoms with Crippen molar-refractivity contribution in [1.29, 1.82) is 0 Å². The summed E-state index contributed by atoms with van der Waals surface area (Å²) in [5.41, 5.74) is 3.73. The van der Waals surface area contributed by atoms with Gasteiger partial charge in [-0.1, -0.05) is 41.9 Å². The Bertz CT molecular complexity index is 917. The minimum atomic E-state index is -0.597. The number of hydrogen-bond acceptors (Lipinski definition) is 4. The third kappa shape index (κ3) is 2.63. The topological polar surface area (TPSA) is 59.1 Å². The maximum Gasteiger partial charge on any atom is 0.429 e. The van der Waals surface area contributed by atoms with Gasteiger partial charge in [0.1, 0.15) is 12.1 Å². The van der Waals surface area contributed by atoms with E-state index < -0.39 is 24.3 Å². The van der Waals surface area contributed by atoms with Crippen LogP contribution in [-0.4, -0.2) is 35.4 Å². The number of benzene rings is 2. The zero-order chi connectivity index (χ0) is 19.1. The third-order valence-corrected chi connectivity index (χ3v) is 5.09. The molecule has 0 saturated carbocycles. The molecule has 7 heteroatoms. The number of hydrogen-bond donors (Lipinski definition) is 0. The quantitative estimate of drug-likeness (QED) is 0.752. The first-order valence-electron chi connectivity index (χ1n) is 8.88. The van der Waals surface area contributed by atoms with Crippen molar-refractivity contribution >= 4 is 23.8 Å². The SMILES string of the molecule is CCOC(=O)N1C2c3ccccc3C(c3cc(Cl)ccc32)N1C(=O)OCC. The molecular weight excluding hydrogens is 368 g/mol. The molecule has 3 aliphatic rings. The van der Waals surface area contributed by atoms with E-state index >= 15 is 0 Å². The van der Waals surface area contributed by atoms with Gasteiger partial charge in [0.2, 0.25) is 0 Å². The number of hydrazine groups is 1. The summed E-state index contributed by atoms with van der Waals surface area (Å²) in [5, 5.41) is 3.29. The van der Waals surface area contributed by atoms with Crippen molar-refractivity contribution in [2.45, 2.75) is 25.9 Å². The second-order valence-corrected chi connectivity index (χ2v) is 6.73. The summed E-state index contributed by atoms with van der Waals surface area (Å²) in [6.07, 6.45) is -1.18. The molecule has 1 aliphatic carbocycles. The summed E-state index contributed by atoms with van der Waals surface area (Å²) in [6, 6.07) is 12.3. The van der Waals surface area contributed by atoms with E-state index in [1.165, 1.54) is 10.0 Å². The standard InChI is InChI=1S/C20H19ClN2O4/c1-3-26-19(24)22-17-13-7-5-6-8-14(13)18(23(22)20(25)27-4-2)16-11-12(21)9-10-15(16)17/h5-11,17-18H,3-4H2,1-2H3. The monoisotopic (exact) mass is 386 g/mol. The molecule has 0 saturated heterocycles. The molecule has 2 aliphatic heterocycles. The highest BCUT2D eigenvalue weighted by Crippen LogP contribution is 2.53. The molecule has 0 spiro atoms. The molecule has 6 nitrogen and oxygen atoms in total. The fraction of sp³-hybridized carbons (Fsp3) is 0.300. The zero-order valence-corrected chi connectivity index (χ0v) is 15.8. The number of ether oxygens (including phenoxy) is 2. The van der Waals surface area contributed by atoms with E-state index in [1.807, 2.05) is 36.4 Å². The van der Waals surface area contributed by atoms with Crippen LogP contribution in [0.15, 0.2) is 42.5 Å². The third-order valence-electron chi connectivity index (χ3n) is 4.85. The van der Waals surface area contributed by atoms with Crippen molar-refractivity contribution in [3.63, 3.8) is 0 Å². The Morgan fingerprint density at radius 1 is 0.852 bits per heavy atom. The van der Waals surface area contributed by atoms with Crippen molar-refractivity contribution in [1.82, 2.24) is 10.0 Å². The summed E-state index contributed by atoms with van der Waals surface area (Å²) in [5.74, 6) is 0. The van der Waals surface area contributed by atoms with Gasteiger partial charge in [-0.15, -0.1) is 0 Å². The lowest BCUT2D eigenvalue weighted by Gasteiger charge is -2.52. The Hall–Kier alpha value is -2.73. The number of carbonyl (C=O) groups is 2. The first-order chi connectivity index (χ1) is 13.1. The predicted octanol–water partition coefficient (Wildman–Crippen LogP) is 4.68. The first-order valence-corrected chi connectivity index (χ1v) is 9.26. The number of carbonyl (C=O) groups excluding carboxylic acids is 2. The van der Waals surface area contributed by atoms with Crippen LogP contribution in [0, 0.1) is 0 Å². The highest BCUT2D eigenvalue weighted by Gasteiger charge is 2.52. The van der Waals surface area contributed by atoms with E-state index in [0.717, 1.165) is 22.3 Å². The lowest BCUT2D eigenvalue weighted by atomic mass is 9.76. The maximum atomic E-state index is 12.8. The van der Waals surface area contributed by atoms with Gasteiger partial charge in [0.25, 0.3) is 0 Å². The van der Waals surface area contributed by atoms with Gasteiger partial charge in [0.15, 0.2) is 0 Å². The van der Waals surface area contributed by atoms with Crippen LogP contribution < -0.4 is 0 Å². The first kappa shape index (κ1) is 17.7. The van der Waals surface area contributed by atoms with Crippen molar-refractivity contribution in [2.75, 3.05) is 13.2 Å². The molecule has 140 valence electrons. The van der Waals surface area contributed by atoms with E-state index in [4.69, 9.17) is 21.1 Å². The molecule has 0 fully saturated rings.